The van der Waals surface area contributed by atoms with E-state index in [1.165, 1.54) is 12.1 Å². The van der Waals surface area contributed by atoms with Gasteiger partial charge in [0.1, 0.15) is 0 Å². The molecule has 0 saturated heterocycles. The second-order valence-corrected chi connectivity index (χ2v) is 13.0. The number of benzene rings is 5. The smallest absolute Gasteiger partial charge is 0.245 e. The molecule has 0 atom stereocenters. The Labute approximate surface area is 311 Å². The van der Waals surface area contributed by atoms with Crippen molar-refractivity contribution < 1.29 is 13.2 Å². The lowest BCUT2D eigenvalue weighted by molar-refractivity contribution is -0.137. The molecule has 7 aromatic rings. The quantitative estimate of drug-likeness (QED) is 0.100. The third kappa shape index (κ3) is 5.11. The standard InChI is InChI=1S/C44H19F3N8/c1-22-4-6-23(7-5-22)25-10-14-28-30(16-25)38(36(20-48)50-2)42-40(28)52-32-18-35-33(19-34(32)54-42)53-41-29-15-11-26(24-8-12-27(13-9-24)44(45,46)47)17-31(29)39(43(41)55-35)37(21-49)51-3/h4-19H,1H3/b38-36+,39-37-. The van der Waals surface area contributed by atoms with Gasteiger partial charge in [-0.3, -0.25) is 0 Å². The van der Waals surface area contributed by atoms with Crippen molar-refractivity contribution in [1.82, 2.24) is 19.9 Å². The van der Waals surface area contributed by atoms with Gasteiger partial charge in [0.2, 0.25) is 0 Å². The summed E-state index contributed by atoms with van der Waals surface area (Å²) in [6, 6.07) is 31.4. The van der Waals surface area contributed by atoms with Crippen LogP contribution in [0.15, 0.2) is 108 Å². The predicted octanol–water partition coefficient (Wildman–Crippen LogP) is 10.6. The molecule has 0 spiro atoms. The summed E-state index contributed by atoms with van der Waals surface area (Å²) in [5.74, 6) is 0. The van der Waals surface area contributed by atoms with Crippen LogP contribution < -0.4 is 0 Å². The van der Waals surface area contributed by atoms with E-state index < -0.39 is 11.7 Å². The molecule has 0 fully saturated rings. The highest BCUT2D eigenvalue weighted by Crippen LogP contribution is 2.48. The van der Waals surface area contributed by atoms with Gasteiger partial charge in [-0.2, -0.15) is 13.2 Å². The molecule has 0 N–H and O–H groups in total. The molecule has 0 amide bonds. The van der Waals surface area contributed by atoms with Gasteiger partial charge in [-0.05, 0) is 76.7 Å². The highest BCUT2D eigenvalue weighted by molar-refractivity contribution is 6.07. The first-order valence-electron chi connectivity index (χ1n) is 16.7. The molecule has 2 heterocycles. The lowest BCUT2D eigenvalue weighted by atomic mass is 9.97. The normalized spacial score (nSPS) is 14.2. The minimum Gasteiger partial charge on any atom is -0.245 e. The first-order chi connectivity index (χ1) is 26.6. The summed E-state index contributed by atoms with van der Waals surface area (Å²) in [5, 5.41) is 20.0. The molecule has 0 saturated carbocycles. The van der Waals surface area contributed by atoms with Crippen LogP contribution in [0.1, 0.15) is 33.6 Å². The largest absolute Gasteiger partial charge is 0.416 e. The molecule has 0 aliphatic heterocycles. The molecule has 9 rings (SSSR count). The van der Waals surface area contributed by atoms with Crippen LogP contribution in [0.5, 0.6) is 0 Å². The molecule has 0 unspecified atom stereocenters. The van der Waals surface area contributed by atoms with Crippen LogP contribution in [0.3, 0.4) is 0 Å². The maximum Gasteiger partial charge on any atom is 0.416 e. The number of aromatic nitrogens is 4. The Morgan fingerprint density at radius 3 is 1.29 bits per heavy atom. The number of hydrogen-bond donors (Lipinski definition) is 0. The summed E-state index contributed by atoms with van der Waals surface area (Å²) in [5.41, 5.74) is 9.75. The van der Waals surface area contributed by atoms with E-state index in [9.17, 15) is 23.7 Å². The summed E-state index contributed by atoms with van der Waals surface area (Å²) in [4.78, 5) is 26.9. The number of rotatable bonds is 2. The molecule has 55 heavy (non-hydrogen) atoms. The van der Waals surface area contributed by atoms with Gasteiger partial charge in [-0.1, -0.05) is 66.2 Å². The van der Waals surface area contributed by atoms with E-state index in [1.807, 2.05) is 61.5 Å². The molecule has 5 aromatic carbocycles. The first-order valence-corrected chi connectivity index (χ1v) is 16.7. The monoisotopic (exact) mass is 716 g/mol. The average Bonchev–Trinajstić information content (AvgIpc) is 3.67. The Kier molecular flexibility index (Phi) is 7.20. The molecule has 8 nitrogen and oxygen atoms in total. The molecule has 11 heteroatoms. The molecule has 2 aliphatic carbocycles. The molecule has 2 aromatic heterocycles. The van der Waals surface area contributed by atoms with Crippen LogP contribution in [0, 0.1) is 42.7 Å². The minimum absolute atomic E-state index is 0.104. The third-order valence-electron chi connectivity index (χ3n) is 9.85. The van der Waals surface area contributed by atoms with Crippen molar-refractivity contribution in [1.29, 1.82) is 10.5 Å². The Bertz CT molecular complexity index is 3080. The van der Waals surface area contributed by atoms with Gasteiger partial charge in [0.15, 0.2) is 0 Å². The molecule has 256 valence electrons. The van der Waals surface area contributed by atoms with Crippen LogP contribution in [0.25, 0.3) is 87.7 Å². The average molecular weight is 717 g/mol. The van der Waals surface area contributed by atoms with E-state index in [0.717, 1.165) is 34.4 Å². The highest BCUT2D eigenvalue weighted by Gasteiger charge is 2.33. The zero-order chi connectivity index (χ0) is 38.2. The van der Waals surface area contributed by atoms with E-state index in [1.54, 1.807) is 30.3 Å². The summed E-state index contributed by atoms with van der Waals surface area (Å²) >= 11 is 0. The number of allylic oxidation sites excluding steroid dienone is 2. The summed E-state index contributed by atoms with van der Waals surface area (Å²) in [6.07, 6.45) is -4.48. The SMILES string of the molecule is [C-]#[N+]/C(C#N)=C1/c2cc(-c3ccc(C(F)(F)F)cc3)ccc2-c2nc3cc4nc5c(nc4cc3nc21)-c1ccc(-c2ccc(C)cc2)cc1/C5=C(/C#N)[N+]#[C-]. The number of nitriles is 2. The van der Waals surface area contributed by atoms with Crippen LogP contribution in [-0.2, 0) is 6.18 Å². The molecular weight excluding hydrogens is 698 g/mol. The Balaban J connectivity index is 1.21. The number of alkyl halides is 3. The van der Waals surface area contributed by atoms with Gasteiger partial charge >= 0.3 is 6.18 Å². The summed E-state index contributed by atoms with van der Waals surface area (Å²) in [6.45, 7) is 17.6. The van der Waals surface area contributed by atoms with Crippen molar-refractivity contribution in [2.24, 2.45) is 0 Å². The second-order valence-electron chi connectivity index (χ2n) is 13.0. The zero-order valence-corrected chi connectivity index (χ0v) is 28.4. The van der Waals surface area contributed by atoms with Crippen molar-refractivity contribution in [2.45, 2.75) is 13.1 Å². The van der Waals surface area contributed by atoms with Crippen molar-refractivity contribution in [3.63, 3.8) is 0 Å². The number of hydrogen-bond acceptors (Lipinski definition) is 6. The number of fused-ring (bicyclic) bond motifs is 8. The topological polar surface area (TPSA) is 108 Å². The van der Waals surface area contributed by atoms with Gasteiger partial charge < -0.3 is 0 Å². The van der Waals surface area contributed by atoms with Crippen molar-refractivity contribution in [3.05, 3.63) is 165 Å². The molecule has 2 aliphatic rings. The van der Waals surface area contributed by atoms with Gasteiger partial charge in [-0.15, -0.1) is 0 Å². The molecule has 0 radical (unpaired) electrons. The van der Waals surface area contributed by atoms with E-state index in [2.05, 4.69) is 9.69 Å². The summed E-state index contributed by atoms with van der Waals surface area (Å²) < 4.78 is 39.7. The van der Waals surface area contributed by atoms with Crippen molar-refractivity contribution in [2.75, 3.05) is 0 Å². The maximum atomic E-state index is 13.2. The fraction of sp³-hybridized carbons (Fsp3) is 0.0455. The van der Waals surface area contributed by atoms with Crippen LogP contribution in [-0.4, -0.2) is 19.9 Å². The maximum absolute atomic E-state index is 13.2. The number of halogens is 3. The Morgan fingerprint density at radius 1 is 0.527 bits per heavy atom. The van der Waals surface area contributed by atoms with Crippen LogP contribution in [0.4, 0.5) is 13.2 Å². The Morgan fingerprint density at radius 2 is 0.909 bits per heavy atom. The van der Waals surface area contributed by atoms with Crippen molar-refractivity contribution >= 4 is 33.2 Å². The Hall–Kier alpha value is -7.99. The van der Waals surface area contributed by atoms with Crippen LogP contribution >= 0.6 is 0 Å². The van der Waals surface area contributed by atoms with E-state index in [0.29, 0.717) is 78.2 Å². The first kappa shape index (κ1) is 32.9. The molecule has 0 bridgehead atoms. The van der Waals surface area contributed by atoms with E-state index in [-0.39, 0.29) is 17.0 Å². The highest BCUT2D eigenvalue weighted by atomic mass is 19.4. The third-order valence-corrected chi connectivity index (χ3v) is 9.85. The van der Waals surface area contributed by atoms with Gasteiger partial charge in [0.25, 0.3) is 11.4 Å². The van der Waals surface area contributed by atoms with E-state index in [4.69, 9.17) is 33.1 Å². The number of nitrogens with zero attached hydrogens (tertiary/aromatic N) is 8. The van der Waals surface area contributed by atoms with Gasteiger partial charge in [0, 0.05) is 22.3 Å². The molecular formula is C44H19F3N8. The second kappa shape index (κ2) is 12.0. The minimum atomic E-state index is -4.48. The van der Waals surface area contributed by atoms with Gasteiger partial charge in [-0.25, -0.2) is 40.1 Å². The van der Waals surface area contributed by atoms with Crippen molar-refractivity contribution in [3.8, 4) is 56.9 Å². The van der Waals surface area contributed by atoms with Crippen LogP contribution in [0.2, 0.25) is 0 Å². The van der Waals surface area contributed by atoms with E-state index >= 15 is 0 Å². The lowest BCUT2D eigenvalue weighted by Gasteiger charge is -2.09. The predicted molar refractivity (Wildman–Crippen MR) is 201 cm³/mol. The van der Waals surface area contributed by atoms with Gasteiger partial charge in [0.05, 0.1) is 75.7 Å². The number of aryl methyl sites for hydroxylation is 1. The summed E-state index contributed by atoms with van der Waals surface area (Å²) in [7, 11) is 0. The fourth-order valence-corrected chi connectivity index (χ4v) is 7.21. The lowest BCUT2D eigenvalue weighted by Crippen LogP contribution is -2.03. The zero-order valence-electron chi connectivity index (χ0n) is 28.4. The fourth-order valence-electron chi connectivity index (χ4n) is 7.21.